The molecule has 0 saturated heterocycles. The van der Waals surface area contributed by atoms with Crippen LogP contribution in [0, 0.1) is 5.41 Å². The average molecular weight is 389 g/mol. The van der Waals surface area contributed by atoms with E-state index in [0.29, 0.717) is 0 Å². The molecule has 0 unspecified atom stereocenters. The molecule has 0 radical (unpaired) electrons. The summed E-state index contributed by atoms with van der Waals surface area (Å²) in [6.07, 6.45) is 23.5. The van der Waals surface area contributed by atoms with E-state index in [1.807, 2.05) is 18.2 Å². The van der Waals surface area contributed by atoms with E-state index in [-0.39, 0.29) is 13.3 Å². The van der Waals surface area contributed by atoms with Gasteiger partial charge in [0.2, 0.25) is 0 Å². The Bertz CT molecular complexity index is 481. The molecule has 0 spiro atoms. The summed E-state index contributed by atoms with van der Waals surface area (Å²) in [5.41, 5.74) is 7.81. The minimum atomic E-state index is 0. The Balaban J connectivity index is 0.00000729. The third kappa shape index (κ3) is 13.8. The Hall–Kier alpha value is -1.31. The fourth-order valence-corrected chi connectivity index (χ4v) is 3.86. The SMILES string of the molecule is C.CCCCCCCCCCCCCCCCCCc1ccccc1C(=N)N. The number of rotatable bonds is 18. The van der Waals surface area contributed by atoms with Gasteiger partial charge in [0.1, 0.15) is 5.84 Å². The lowest BCUT2D eigenvalue weighted by molar-refractivity contribution is 0.529. The van der Waals surface area contributed by atoms with Gasteiger partial charge < -0.3 is 5.73 Å². The lowest BCUT2D eigenvalue weighted by atomic mass is 9.99. The Labute approximate surface area is 176 Å². The first-order valence-corrected chi connectivity index (χ1v) is 11.7. The van der Waals surface area contributed by atoms with Crippen molar-refractivity contribution in [2.24, 2.45) is 5.73 Å². The number of hydrogen-bond acceptors (Lipinski definition) is 1. The molecule has 3 N–H and O–H groups in total. The Morgan fingerprint density at radius 3 is 1.50 bits per heavy atom. The Kier molecular flexibility index (Phi) is 18.1. The third-order valence-corrected chi connectivity index (χ3v) is 5.61. The number of nitrogens with one attached hydrogen (secondary N) is 1. The van der Waals surface area contributed by atoms with Crippen LogP contribution in [0.5, 0.6) is 0 Å². The van der Waals surface area contributed by atoms with E-state index in [9.17, 15) is 0 Å². The van der Waals surface area contributed by atoms with Crippen molar-refractivity contribution in [2.45, 2.75) is 124 Å². The molecule has 2 heteroatoms. The highest BCUT2D eigenvalue weighted by Crippen LogP contribution is 2.15. The Morgan fingerprint density at radius 2 is 1.07 bits per heavy atom. The largest absolute Gasteiger partial charge is 0.384 e. The zero-order valence-electron chi connectivity index (χ0n) is 17.9. The second kappa shape index (κ2) is 19.0. The van der Waals surface area contributed by atoms with Crippen LogP contribution in [0.3, 0.4) is 0 Å². The van der Waals surface area contributed by atoms with Gasteiger partial charge in [0.05, 0.1) is 0 Å². The number of unbranched alkanes of at least 4 members (excludes halogenated alkanes) is 15. The van der Waals surface area contributed by atoms with Crippen LogP contribution in [-0.2, 0) is 6.42 Å². The molecule has 1 aromatic rings. The molecule has 0 heterocycles. The lowest BCUT2D eigenvalue weighted by Crippen LogP contribution is -2.13. The molecule has 1 rings (SSSR count). The number of amidine groups is 1. The smallest absolute Gasteiger partial charge is 0.123 e. The minimum Gasteiger partial charge on any atom is -0.384 e. The maximum absolute atomic E-state index is 7.65. The minimum absolute atomic E-state index is 0. The van der Waals surface area contributed by atoms with Crippen LogP contribution in [0.25, 0.3) is 0 Å². The van der Waals surface area contributed by atoms with Crippen molar-refractivity contribution in [3.05, 3.63) is 35.4 Å². The van der Waals surface area contributed by atoms with Crippen LogP contribution in [-0.4, -0.2) is 5.84 Å². The van der Waals surface area contributed by atoms with Gasteiger partial charge in [-0.25, -0.2) is 0 Å². The summed E-state index contributed by atoms with van der Waals surface area (Å²) >= 11 is 0. The molecule has 0 aliphatic carbocycles. The van der Waals surface area contributed by atoms with Gasteiger partial charge in [-0.15, -0.1) is 0 Å². The fourth-order valence-electron chi connectivity index (χ4n) is 3.86. The fraction of sp³-hybridized carbons (Fsp3) is 0.731. The van der Waals surface area contributed by atoms with Crippen molar-refractivity contribution in [2.75, 3.05) is 0 Å². The van der Waals surface area contributed by atoms with Crippen molar-refractivity contribution in [3.63, 3.8) is 0 Å². The third-order valence-electron chi connectivity index (χ3n) is 5.61. The zero-order valence-corrected chi connectivity index (χ0v) is 17.9. The predicted molar refractivity (Wildman–Crippen MR) is 127 cm³/mol. The van der Waals surface area contributed by atoms with Crippen LogP contribution in [0.4, 0.5) is 0 Å². The molecular formula is C26H48N2. The second-order valence-electron chi connectivity index (χ2n) is 8.12. The van der Waals surface area contributed by atoms with Gasteiger partial charge in [0, 0.05) is 5.56 Å². The first-order valence-electron chi connectivity index (χ1n) is 11.7. The lowest BCUT2D eigenvalue weighted by Gasteiger charge is -2.08. The van der Waals surface area contributed by atoms with Gasteiger partial charge in [0.25, 0.3) is 0 Å². The maximum Gasteiger partial charge on any atom is 0.123 e. The van der Waals surface area contributed by atoms with Crippen molar-refractivity contribution in [1.82, 2.24) is 0 Å². The van der Waals surface area contributed by atoms with Crippen LogP contribution in [0.1, 0.15) is 128 Å². The van der Waals surface area contributed by atoms with Crippen LogP contribution < -0.4 is 5.73 Å². The van der Waals surface area contributed by atoms with Crippen LogP contribution in [0.2, 0.25) is 0 Å². The highest BCUT2D eigenvalue weighted by Gasteiger charge is 2.03. The van der Waals surface area contributed by atoms with E-state index < -0.39 is 0 Å². The van der Waals surface area contributed by atoms with E-state index in [2.05, 4.69) is 13.0 Å². The molecule has 1 aromatic carbocycles. The molecule has 0 saturated carbocycles. The summed E-state index contributed by atoms with van der Waals surface area (Å²) < 4.78 is 0. The summed E-state index contributed by atoms with van der Waals surface area (Å²) in [5, 5.41) is 7.65. The van der Waals surface area contributed by atoms with Gasteiger partial charge >= 0.3 is 0 Å². The monoisotopic (exact) mass is 388 g/mol. The summed E-state index contributed by atoms with van der Waals surface area (Å²) in [6.45, 7) is 2.29. The van der Waals surface area contributed by atoms with Crippen LogP contribution in [0.15, 0.2) is 24.3 Å². The maximum atomic E-state index is 7.65. The van der Waals surface area contributed by atoms with Crippen molar-refractivity contribution in [1.29, 1.82) is 5.41 Å². The number of hydrogen-bond donors (Lipinski definition) is 2. The van der Waals surface area contributed by atoms with Crippen molar-refractivity contribution < 1.29 is 0 Å². The number of aryl methyl sites for hydroxylation is 1. The predicted octanol–water partition coefficient (Wildman–Crippen LogP) is 8.41. The summed E-state index contributed by atoms with van der Waals surface area (Å²) in [7, 11) is 0. The standard InChI is InChI=1S/C25H44N2.CH4/c1-2-3-4-5-6-7-8-9-10-11-12-13-14-15-16-17-20-23-21-18-19-22-24(23)25(26)27;/h18-19,21-22H,2-17,20H2,1H3,(H3,26,27);1H4. The van der Waals surface area contributed by atoms with Gasteiger partial charge in [-0.1, -0.05) is 135 Å². The zero-order chi connectivity index (χ0) is 19.6. The highest BCUT2D eigenvalue weighted by atomic mass is 14.7. The molecule has 0 aromatic heterocycles. The van der Waals surface area contributed by atoms with E-state index in [0.717, 1.165) is 12.0 Å². The van der Waals surface area contributed by atoms with Crippen molar-refractivity contribution >= 4 is 5.84 Å². The molecule has 0 atom stereocenters. The first-order chi connectivity index (χ1) is 13.3. The van der Waals surface area contributed by atoms with Gasteiger partial charge in [-0.3, -0.25) is 5.41 Å². The van der Waals surface area contributed by atoms with Gasteiger partial charge in [-0.05, 0) is 18.4 Å². The van der Waals surface area contributed by atoms with Gasteiger partial charge in [0.15, 0.2) is 0 Å². The number of nitrogens with two attached hydrogens (primary N) is 1. The average Bonchev–Trinajstić information content (AvgIpc) is 2.68. The van der Waals surface area contributed by atoms with E-state index >= 15 is 0 Å². The van der Waals surface area contributed by atoms with E-state index in [4.69, 9.17) is 11.1 Å². The second-order valence-corrected chi connectivity index (χ2v) is 8.12. The molecule has 0 aliphatic heterocycles. The Morgan fingerprint density at radius 1 is 0.679 bits per heavy atom. The molecule has 28 heavy (non-hydrogen) atoms. The number of benzene rings is 1. The summed E-state index contributed by atoms with van der Waals surface area (Å²) in [6, 6.07) is 8.09. The molecule has 162 valence electrons. The molecule has 0 amide bonds. The topological polar surface area (TPSA) is 49.9 Å². The van der Waals surface area contributed by atoms with Crippen molar-refractivity contribution in [3.8, 4) is 0 Å². The number of nitrogen functional groups attached to an aromatic ring is 1. The molecule has 0 bridgehead atoms. The summed E-state index contributed by atoms with van der Waals surface area (Å²) in [5.74, 6) is 0.196. The quantitative estimate of drug-likeness (QED) is 0.148. The van der Waals surface area contributed by atoms with Gasteiger partial charge in [-0.2, -0.15) is 0 Å². The molecular weight excluding hydrogens is 340 g/mol. The summed E-state index contributed by atoms with van der Waals surface area (Å²) in [4.78, 5) is 0. The van der Waals surface area contributed by atoms with E-state index in [1.165, 1.54) is 108 Å². The van der Waals surface area contributed by atoms with E-state index in [1.54, 1.807) is 0 Å². The highest BCUT2D eigenvalue weighted by molar-refractivity contribution is 5.96. The molecule has 0 fully saturated rings. The first kappa shape index (κ1) is 26.7. The molecule has 2 nitrogen and oxygen atoms in total. The van der Waals surface area contributed by atoms with Crippen LogP contribution >= 0.6 is 0 Å². The normalized spacial score (nSPS) is 10.6. The molecule has 0 aliphatic rings.